The first-order valence-corrected chi connectivity index (χ1v) is 7.39. The van der Waals surface area contributed by atoms with Crippen molar-refractivity contribution < 1.29 is 14.3 Å². The molecule has 1 atom stereocenters. The van der Waals surface area contributed by atoms with Gasteiger partial charge in [-0.15, -0.1) is 0 Å². The van der Waals surface area contributed by atoms with Crippen LogP contribution in [0.5, 0.6) is 0 Å². The predicted octanol–water partition coefficient (Wildman–Crippen LogP) is 2.37. The molecule has 1 N–H and O–H groups in total. The minimum Gasteiger partial charge on any atom is -0.469 e. The van der Waals surface area contributed by atoms with Gasteiger partial charge in [-0.25, -0.2) is 0 Å². The van der Waals surface area contributed by atoms with Crippen molar-refractivity contribution in [2.45, 2.75) is 19.8 Å². The van der Waals surface area contributed by atoms with Crippen LogP contribution in [0.15, 0.2) is 30.5 Å². The lowest BCUT2D eigenvalue weighted by atomic mass is 10.1. The Hall–Kier alpha value is -2.30. The molecular formula is C17H22N2O3. The van der Waals surface area contributed by atoms with Gasteiger partial charge in [-0.05, 0) is 18.1 Å². The first-order valence-electron chi connectivity index (χ1n) is 7.39. The summed E-state index contributed by atoms with van der Waals surface area (Å²) in [7, 11) is 3.08. The molecule has 2 aromatic rings. The second-order valence-corrected chi connectivity index (χ2v) is 5.56. The Morgan fingerprint density at radius 3 is 2.77 bits per heavy atom. The van der Waals surface area contributed by atoms with Gasteiger partial charge in [0.25, 0.3) is 0 Å². The van der Waals surface area contributed by atoms with Crippen LogP contribution in [-0.2, 0) is 20.7 Å². The highest BCUT2D eigenvalue weighted by molar-refractivity contribution is 5.84. The molecule has 0 saturated carbocycles. The third-order valence-corrected chi connectivity index (χ3v) is 3.86. The van der Waals surface area contributed by atoms with Crippen LogP contribution in [0, 0.1) is 5.92 Å². The van der Waals surface area contributed by atoms with Gasteiger partial charge in [0.2, 0.25) is 5.91 Å². The number of esters is 1. The van der Waals surface area contributed by atoms with Crippen molar-refractivity contribution in [1.82, 2.24) is 9.88 Å². The zero-order valence-corrected chi connectivity index (χ0v) is 13.3. The molecule has 0 saturated heterocycles. The van der Waals surface area contributed by atoms with Crippen molar-refractivity contribution in [2.75, 3.05) is 20.7 Å². The number of hydrogen-bond donors (Lipinski definition) is 1. The zero-order chi connectivity index (χ0) is 16.1. The number of para-hydroxylation sites is 1. The number of carbonyl (C=O) groups excluding carboxylic acids is 2. The Bertz CT molecular complexity index is 663. The topological polar surface area (TPSA) is 62.4 Å². The number of aromatic nitrogens is 1. The maximum atomic E-state index is 12.2. The van der Waals surface area contributed by atoms with E-state index < -0.39 is 0 Å². The van der Waals surface area contributed by atoms with E-state index in [9.17, 15) is 9.59 Å². The summed E-state index contributed by atoms with van der Waals surface area (Å²) in [6.45, 7) is 2.13. The van der Waals surface area contributed by atoms with E-state index in [1.165, 1.54) is 7.11 Å². The van der Waals surface area contributed by atoms with Crippen LogP contribution in [0.25, 0.3) is 10.9 Å². The summed E-state index contributed by atoms with van der Waals surface area (Å²) in [5, 5.41) is 1.15. The van der Waals surface area contributed by atoms with Crippen LogP contribution < -0.4 is 0 Å². The number of fused-ring (bicyclic) bond motifs is 1. The number of amides is 1. The first-order chi connectivity index (χ1) is 10.5. The summed E-state index contributed by atoms with van der Waals surface area (Å²) in [5.41, 5.74) is 2.22. The Balaban J connectivity index is 1.91. The normalized spacial score (nSPS) is 12.1. The highest BCUT2D eigenvalue weighted by Crippen LogP contribution is 2.19. The lowest BCUT2D eigenvalue weighted by molar-refractivity contribution is -0.146. The van der Waals surface area contributed by atoms with Gasteiger partial charge in [0.15, 0.2) is 0 Å². The van der Waals surface area contributed by atoms with E-state index >= 15 is 0 Å². The van der Waals surface area contributed by atoms with E-state index in [4.69, 9.17) is 0 Å². The minimum atomic E-state index is -0.313. The van der Waals surface area contributed by atoms with Crippen molar-refractivity contribution in [1.29, 1.82) is 0 Å². The Labute approximate surface area is 130 Å². The summed E-state index contributed by atoms with van der Waals surface area (Å²) in [6, 6.07) is 8.04. The van der Waals surface area contributed by atoms with Crippen LogP contribution in [0.2, 0.25) is 0 Å². The lowest BCUT2D eigenvalue weighted by Crippen LogP contribution is -2.34. The van der Waals surface area contributed by atoms with Gasteiger partial charge >= 0.3 is 5.97 Å². The maximum absolute atomic E-state index is 12.2. The third-order valence-electron chi connectivity index (χ3n) is 3.86. The summed E-state index contributed by atoms with van der Waals surface area (Å²) >= 11 is 0. The predicted molar refractivity (Wildman–Crippen MR) is 85.4 cm³/mol. The number of ether oxygens (including phenoxy) is 1. The van der Waals surface area contributed by atoms with Gasteiger partial charge in [0.1, 0.15) is 0 Å². The fourth-order valence-corrected chi connectivity index (χ4v) is 2.56. The lowest BCUT2D eigenvalue weighted by Gasteiger charge is -2.20. The van der Waals surface area contributed by atoms with Gasteiger partial charge in [-0.1, -0.05) is 25.1 Å². The molecule has 0 fully saturated rings. The fourth-order valence-electron chi connectivity index (χ4n) is 2.56. The number of aryl methyl sites for hydroxylation is 1. The maximum Gasteiger partial charge on any atom is 0.310 e. The van der Waals surface area contributed by atoms with Gasteiger partial charge in [-0.3, -0.25) is 9.59 Å². The second kappa shape index (κ2) is 7.11. The van der Waals surface area contributed by atoms with Gasteiger partial charge < -0.3 is 14.6 Å². The molecule has 0 aliphatic carbocycles. The van der Waals surface area contributed by atoms with Gasteiger partial charge in [0.05, 0.1) is 13.0 Å². The van der Waals surface area contributed by atoms with E-state index in [2.05, 4.69) is 15.8 Å². The molecule has 1 aromatic heterocycles. The molecule has 1 aromatic carbocycles. The molecule has 0 bridgehead atoms. The molecule has 118 valence electrons. The quantitative estimate of drug-likeness (QED) is 0.833. The molecule has 5 heteroatoms. The Morgan fingerprint density at radius 2 is 2.05 bits per heavy atom. The smallest absolute Gasteiger partial charge is 0.310 e. The molecule has 2 rings (SSSR count). The number of nitrogens with one attached hydrogen (secondary N) is 1. The molecular weight excluding hydrogens is 280 g/mol. The SMILES string of the molecule is COC(=O)C(C)CN(C)C(=O)CCc1c[nH]c2ccccc12. The summed E-state index contributed by atoms with van der Waals surface area (Å²) in [4.78, 5) is 28.4. The molecule has 0 aliphatic rings. The fraction of sp³-hybridized carbons (Fsp3) is 0.412. The van der Waals surface area contributed by atoms with Gasteiger partial charge in [-0.2, -0.15) is 0 Å². The third kappa shape index (κ3) is 3.67. The van der Waals surface area contributed by atoms with Gasteiger partial charge in [0, 0.05) is 37.1 Å². The average Bonchev–Trinajstić information content (AvgIpc) is 2.94. The van der Waals surface area contributed by atoms with Crippen LogP contribution in [-0.4, -0.2) is 42.5 Å². The molecule has 1 heterocycles. The van der Waals surface area contributed by atoms with Crippen LogP contribution in [0.3, 0.4) is 0 Å². The van der Waals surface area contributed by atoms with Crippen molar-refractivity contribution in [3.63, 3.8) is 0 Å². The van der Waals surface area contributed by atoms with E-state index in [0.717, 1.165) is 16.5 Å². The average molecular weight is 302 g/mol. The molecule has 5 nitrogen and oxygen atoms in total. The van der Waals surface area contributed by atoms with E-state index in [-0.39, 0.29) is 17.8 Å². The molecule has 22 heavy (non-hydrogen) atoms. The Kier molecular flexibility index (Phi) is 5.20. The van der Waals surface area contributed by atoms with Crippen LogP contribution in [0.1, 0.15) is 18.9 Å². The number of rotatable bonds is 6. The van der Waals surface area contributed by atoms with Crippen molar-refractivity contribution in [3.05, 3.63) is 36.0 Å². The number of methoxy groups -OCH3 is 1. The number of aromatic amines is 1. The highest BCUT2D eigenvalue weighted by atomic mass is 16.5. The molecule has 1 unspecified atom stereocenters. The molecule has 0 aliphatic heterocycles. The summed E-state index contributed by atoms with van der Waals surface area (Å²) < 4.78 is 4.68. The van der Waals surface area contributed by atoms with E-state index in [0.29, 0.717) is 19.4 Å². The molecule has 0 radical (unpaired) electrons. The molecule has 1 amide bonds. The van der Waals surface area contributed by atoms with Crippen LogP contribution in [0.4, 0.5) is 0 Å². The largest absolute Gasteiger partial charge is 0.469 e. The first kappa shape index (κ1) is 16.1. The Morgan fingerprint density at radius 1 is 1.32 bits per heavy atom. The number of hydrogen-bond acceptors (Lipinski definition) is 3. The monoisotopic (exact) mass is 302 g/mol. The minimum absolute atomic E-state index is 0.0287. The summed E-state index contributed by atoms with van der Waals surface area (Å²) in [6.07, 6.45) is 3.06. The standard InChI is InChI=1S/C17H22N2O3/c1-12(17(21)22-3)11-19(2)16(20)9-8-13-10-18-15-7-5-4-6-14(13)15/h4-7,10,12,18H,8-9,11H2,1-3H3. The number of benzene rings is 1. The highest BCUT2D eigenvalue weighted by Gasteiger charge is 2.18. The molecule has 0 spiro atoms. The number of carbonyl (C=O) groups is 2. The van der Waals surface area contributed by atoms with E-state index in [1.807, 2.05) is 24.4 Å². The zero-order valence-electron chi connectivity index (χ0n) is 13.3. The second-order valence-electron chi connectivity index (χ2n) is 5.56. The number of nitrogens with zero attached hydrogens (tertiary/aromatic N) is 1. The number of H-pyrrole nitrogens is 1. The van der Waals surface area contributed by atoms with E-state index in [1.54, 1.807) is 18.9 Å². The van der Waals surface area contributed by atoms with Crippen molar-refractivity contribution >= 4 is 22.8 Å². The van der Waals surface area contributed by atoms with Crippen molar-refractivity contribution in [2.24, 2.45) is 5.92 Å². The van der Waals surface area contributed by atoms with Crippen LogP contribution >= 0.6 is 0 Å². The summed E-state index contributed by atoms with van der Waals surface area (Å²) in [5.74, 6) is -0.579. The van der Waals surface area contributed by atoms with Crippen molar-refractivity contribution in [3.8, 4) is 0 Å².